The van der Waals surface area contributed by atoms with Crippen LogP contribution in [0.3, 0.4) is 0 Å². The zero-order valence-electron chi connectivity index (χ0n) is 15.8. The number of hydrogen-bond acceptors (Lipinski definition) is 8. The van der Waals surface area contributed by atoms with Crippen LogP contribution in [0, 0.1) is 0 Å². The number of carbonyl (C=O) groups is 1. The maximum Gasteiger partial charge on any atom is 0.257 e. The molecule has 2 fully saturated rings. The van der Waals surface area contributed by atoms with Gasteiger partial charge in [-0.05, 0) is 31.4 Å². The van der Waals surface area contributed by atoms with Gasteiger partial charge in [-0.1, -0.05) is 0 Å². The van der Waals surface area contributed by atoms with Gasteiger partial charge in [0.05, 0.1) is 18.3 Å². The summed E-state index contributed by atoms with van der Waals surface area (Å²) in [6.07, 6.45) is 5.54. The zero-order valence-corrected chi connectivity index (χ0v) is 15.8. The molecule has 29 heavy (non-hydrogen) atoms. The van der Waals surface area contributed by atoms with Crippen LogP contribution in [0.25, 0.3) is 5.65 Å². The van der Waals surface area contributed by atoms with E-state index in [-0.39, 0.29) is 18.1 Å². The number of anilines is 3. The molecule has 10 nitrogen and oxygen atoms in total. The highest BCUT2D eigenvalue weighted by atomic mass is 16.5. The molecule has 4 N–H and O–H groups in total. The van der Waals surface area contributed by atoms with Gasteiger partial charge in [-0.25, -0.2) is 9.97 Å². The molecule has 3 aromatic heterocycles. The fourth-order valence-electron chi connectivity index (χ4n) is 3.01. The fraction of sp³-hybridized carbons (Fsp3) is 0.368. The van der Waals surface area contributed by atoms with Crippen LogP contribution >= 0.6 is 0 Å². The van der Waals surface area contributed by atoms with Crippen LogP contribution in [0.1, 0.15) is 29.6 Å². The lowest BCUT2D eigenvalue weighted by Crippen LogP contribution is -2.27. The van der Waals surface area contributed by atoms with E-state index in [0.717, 1.165) is 12.8 Å². The highest BCUT2D eigenvalue weighted by molar-refractivity contribution is 6.00. The molecule has 0 aliphatic heterocycles. The monoisotopic (exact) mass is 395 g/mol. The average Bonchev–Trinajstić information content (AvgIpc) is 3.62. The number of nitrogens with one attached hydrogen (secondary N) is 3. The van der Waals surface area contributed by atoms with E-state index in [1.165, 1.54) is 6.20 Å². The lowest BCUT2D eigenvalue weighted by atomic mass is 10.3. The molecule has 0 aromatic carbocycles. The van der Waals surface area contributed by atoms with Crippen LogP contribution in [-0.4, -0.2) is 55.9 Å². The Kier molecular flexibility index (Phi) is 4.20. The number of nitrogens with zero attached hydrogens (tertiary/aromatic N) is 4. The third-order valence-electron chi connectivity index (χ3n) is 4.88. The quantitative estimate of drug-likeness (QED) is 0.472. The van der Waals surface area contributed by atoms with Crippen LogP contribution < -0.4 is 20.7 Å². The summed E-state index contributed by atoms with van der Waals surface area (Å²) in [5.41, 5.74) is 1.44. The van der Waals surface area contributed by atoms with E-state index in [0.29, 0.717) is 40.8 Å². The molecule has 3 heterocycles. The van der Waals surface area contributed by atoms with Gasteiger partial charge in [0.15, 0.2) is 5.65 Å². The van der Waals surface area contributed by atoms with Crippen molar-refractivity contribution in [2.75, 3.05) is 17.7 Å². The largest absolute Gasteiger partial charge is 0.473 e. The van der Waals surface area contributed by atoms with Crippen molar-refractivity contribution < 1.29 is 14.6 Å². The van der Waals surface area contributed by atoms with E-state index in [1.807, 2.05) is 12.1 Å². The van der Waals surface area contributed by atoms with Crippen molar-refractivity contribution in [3.63, 3.8) is 0 Å². The predicted octanol–water partition coefficient (Wildman–Crippen LogP) is 1.31. The fourth-order valence-corrected chi connectivity index (χ4v) is 3.01. The summed E-state index contributed by atoms with van der Waals surface area (Å²) in [6.45, 7) is 0. The minimum atomic E-state index is -0.477. The Balaban J connectivity index is 1.48. The molecule has 1 amide bonds. The van der Waals surface area contributed by atoms with Crippen molar-refractivity contribution in [1.82, 2.24) is 24.9 Å². The SMILES string of the molecule is CNc1cc(Nc2cccnc2OC2CC2)nc2c(C(=O)N[C@H]3C[C@@H]3O)cnn12. The smallest absolute Gasteiger partial charge is 0.257 e. The van der Waals surface area contributed by atoms with E-state index in [9.17, 15) is 9.90 Å². The Labute approximate surface area is 166 Å². The van der Waals surface area contributed by atoms with E-state index in [1.54, 1.807) is 23.8 Å². The molecule has 2 saturated carbocycles. The summed E-state index contributed by atoms with van der Waals surface area (Å²) in [5, 5.41) is 22.8. The first-order valence-electron chi connectivity index (χ1n) is 9.56. The maximum atomic E-state index is 12.6. The van der Waals surface area contributed by atoms with Crippen LogP contribution in [0.5, 0.6) is 5.88 Å². The topological polar surface area (TPSA) is 126 Å². The molecule has 2 atom stereocenters. The number of rotatable bonds is 7. The number of pyridine rings is 1. The van der Waals surface area contributed by atoms with Crippen LogP contribution in [0.4, 0.5) is 17.3 Å². The average molecular weight is 395 g/mol. The standard InChI is InChI=1S/C19H21N7O3/c1-20-16-8-15(23-12-3-2-6-21-19(12)29-10-4-5-10)25-17-11(9-22-26(16)17)18(28)24-13-7-14(13)27/h2-3,6,8-10,13-14,20,27H,4-5,7H2,1H3,(H,23,25)(H,24,28)/t13-,14-/m0/s1. The molecule has 0 bridgehead atoms. The van der Waals surface area contributed by atoms with Gasteiger partial charge in [-0.2, -0.15) is 9.61 Å². The normalized spacial score (nSPS) is 20.3. The van der Waals surface area contributed by atoms with Crippen molar-refractivity contribution in [3.8, 4) is 5.88 Å². The second-order valence-corrected chi connectivity index (χ2v) is 7.25. The molecule has 0 spiro atoms. The van der Waals surface area contributed by atoms with Gasteiger partial charge in [-0.15, -0.1) is 0 Å². The molecule has 3 aromatic rings. The van der Waals surface area contributed by atoms with Crippen molar-refractivity contribution in [3.05, 3.63) is 36.2 Å². The zero-order chi connectivity index (χ0) is 20.0. The minimum absolute atomic E-state index is 0.208. The number of aliphatic hydroxyl groups excluding tert-OH is 1. The second kappa shape index (κ2) is 6.89. The molecule has 0 saturated heterocycles. The van der Waals surface area contributed by atoms with E-state index < -0.39 is 6.10 Å². The predicted molar refractivity (Wildman–Crippen MR) is 106 cm³/mol. The Bertz CT molecular complexity index is 1080. The van der Waals surface area contributed by atoms with Crippen LogP contribution in [0.15, 0.2) is 30.6 Å². The summed E-state index contributed by atoms with van der Waals surface area (Å²) in [6, 6.07) is 5.27. The third-order valence-corrected chi connectivity index (χ3v) is 4.88. The van der Waals surface area contributed by atoms with Crippen LogP contribution in [0.2, 0.25) is 0 Å². The first-order valence-corrected chi connectivity index (χ1v) is 9.56. The summed E-state index contributed by atoms with van der Waals surface area (Å²) in [7, 11) is 1.77. The summed E-state index contributed by atoms with van der Waals surface area (Å²) in [4.78, 5) is 21.5. The number of fused-ring (bicyclic) bond motifs is 1. The Hall–Kier alpha value is -3.40. The molecule has 150 valence electrons. The van der Waals surface area contributed by atoms with Crippen LogP contribution in [-0.2, 0) is 0 Å². The van der Waals surface area contributed by atoms with E-state index >= 15 is 0 Å². The Morgan fingerprint density at radius 2 is 2.21 bits per heavy atom. The molecule has 5 rings (SSSR count). The molecule has 0 unspecified atom stereocenters. The second-order valence-electron chi connectivity index (χ2n) is 7.25. The van der Waals surface area contributed by atoms with Crippen molar-refractivity contribution in [2.24, 2.45) is 0 Å². The molecular weight excluding hydrogens is 374 g/mol. The number of aromatic nitrogens is 4. The first kappa shape index (κ1) is 17.7. The van der Waals surface area contributed by atoms with E-state index in [2.05, 4.69) is 31.0 Å². The molecular formula is C19H21N7O3. The first-order chi connectivity index (χ1) is 14.1. The lowest BCUT2D eigenvalue weighted by molar-refractivity contribution is 0.0944. The maximum absolute atomic E-state index is 12.6. The van der Waals surface area contributed by atoms with Crippen molar-refractivity contribution in [1.29, 1.82) is 0 Å². The number of aliphatic hydroxyl groups is 1. The van der Waals surface area contributed by atoms with Gasteiger partial charge in [0.25, 0.3) is 5.91 Å². The number of hydrogen-bond donors (Lipinski definition) is 4. The van der Waals surface area contributed by atoms with E-state index in [4.69, 9.17) is 4.74 Å². The highest BCUT2D eigenvalue weighted by Crippen LogP contribution is 2.32. The molecule has 2 aliphatic rings. The summed E-state index contributed by atoms with van der Waals surface area (Å²) < 4.78 is 7.42. The summed E-state index contributed by atoms with van der Waals surface area (Å²) in [5.74, 6) is 1.40. The van der Waals surface area contributed by atoms with Crippen molar-refractivity contribution >= 4 is 28.9 Å². The third kappa shape index (κ3) is 3.54. The molecule has 2 aliphatic carbocycles. The number of carbonyl (C=O) groups excluding carboxylic acids is 1. The van der Waals surface area contributed by atoms with Crippen molar-refractivity contribution in [2.45, 2.75) is 37.5 Å². The summed E-state index contributed by atoms with van der Waals surface area (Å²) >= 11 is 0. The van der Waals surface area contributed by atoms with Gasteiger partial charge in [0.2, 0.25) is 5.88 Å². The van der Waals surface area contributed by atoms with Gasteiger partial charge in [-0.3, -0.25) is 4.79 Å². The minimum Gasteiger partial charge on any atom is -0.473 e. The lowest BCUT2D eigenvalue weighted by Gasteiger charge is -2.13. The number of amides is 1. The van der Waals surface area contributed by atoms with Gasteiger partial charge in [0.1, 0.15) is 29.0 Å². The van der Waals surface area contributed by atoms with Gasteiger partial charge < -0.3 is 25.8 Å². The number of ether oxygens (including phenoxy) is 1. The highest BCUT2D eigenvalue weighted by Gasteiger charge is 2.37. The Morgan fingerprint density at radius 3 is 2.93 bits per heavy atom. The molecule has 10 heteroatoms. The van der Waals surface area contributed by atoms with Gasteiger partial charge in [0, 0.05) is 19.3 Å². The molecule has 0 radical (unpaired) electrons. The van der Waals surface area contributed by atoms with Gasteiger partial charge >= 0.3 is 0 Å². The Morgan fingerprint density at radius 1 is 1.38 bits per heavy atom.